The summed E-state index contributed by atoms with van der Waals surface area (Å²) in [6.07, 6.45) is 0. The topological polar surface area (TPSA) is 46.2 Å². The molecule has 17 heavy (non-hydrogen) atoms. The monoisotopic (exact) mass is 323 g/mol. The predicted octanol–water partition coefficient (Wildman–Crippen LogP) is 2.82. The van der Waals surface area contributed by atoms with Crippen LogP contribution >= 0.6 is 15.9 Å². The summed E-state index contributed by atoms with van der Waals surface area (Å²) in [5, 5.41) is 2.58. The molecule has 0 fully saturated rings. The van der Waals surface area contributed by atoms with Gasteiger partial charge in [0.05, 0.1) is 11.0 Å². The zero-order chi connectivity index (χ0) is 13.1. The summed E-state index contributed by atoms with van der Waals surface area (Å²) in [7, 11) is -3.04. The van der Waals surface area contributed by atoms with Gasteiger partial charge in [-0.15, -0.1) is 0 Å². The standard InChI is InChI=1S/C11H15BrFNO2S/c1-8(2)17(15,16)6-5-14-11-4-3-9(13)7-10(11)12/h3-4,7-8,14H,5-6H2,1-2H3. The van der Waals surface area contributed by atoms with E-state index in [1.54, 1.807) is 19.9 Å². The van der Waals surface area contributed by atoms with Gasteiger partial charge in [0, 0.05) is 16.7 Å². The average molecular weight is 324 g/mol. The van der Waals surface area contributed by atoms with E-state index in [9.17, 15) is 12.8 Å². The SMILES string of the molecule is CC(C)S(=O)(=O)CCNc1ccc(F)cc1Br. The van der Waals surface area contributed by atoms with Crippen LogP contribution in [-0.2, 0) is 9.84 Å². The zero-order valence-electron chi connectivity index (χ0n) is 9.70. The summed E-state index contributed by atoms with van der Waals surface area (Å²) < 4.78 is 36.5. The van der Waals surface area contributed by atoms with E-state index >= 15 is 0 Å². The minimum absolute atomic E-state index is 0.0640. The first kappa shape index (κ1) is 14.4. The molecule has 0 aliphatic heterocycles. The second-order valence-electron chi connectivity index (χ2n) is 3.97. The number of anilines is 1. The molecule has 0 aromatic heterocycles. The van der Waals surface area contributed by atoms with Crippen LogP contribution in [0.25, 0.3) is 0 Å². The molecular formula is C11H15BrFNO2S. The van der Waals surface area contributed by atoms with Gasteiger partial charge in [-0.25, -0.2) is 12.8 Å². The van der Waals surface area contributed by atoms with Gasteiger partial charge in [0.15, 0.2) is 9.84 Å². The van der Waals surface area contributed by atoms with Crippen molar-refractivity contribution in [3.63, 3.8) is 0 Å². The van der Waals surface area contributed by atoms with Gasteiger partial charge in [-0.3, -0.25) is 0 Å². The molecule has 0 amide bonds. The lowest BCUT2D eigenvalue weighted by Crippen LogP contribution is -2.23. The highest BCUT2D eigenvalue weighted by Crippen LogP contribution is 2.22. The molecule has 0 spiro atoms. The fourth-order valence-corrected chi connectivity index (χ4v) is 2.55. The Morgan fingerprint density at radius 3 is 2.59 bits per heavy atom. The van der Waals surface area contributed by atoms with Crippen molar-refractivity contribution in [1.29, 1.82) is 0 Å². The Bertz CT molecular complexity index is 488. The molecule has 1 aromatic carbocycles. The van der Waals surface area contributed by atoms with Gasteiger partial charge in [0.2, 0.25) is 0 Å². The molecule has 3 nitrogen and oxygen atoms in total. The molecule has 0 heterocycles. The molecular weight excluding hydrogens is 309 g/mol. The van der Waals surface area contributed by atoms with Crippen LogP contribution in [0, 0.1) is 5.82 Å². The number of nitrogens with one attached hydrogen (secondary N) is 1. The van der Waals surface area contributed by atoms with Crippen LogP contribution in [0.5, 0.6) is 0 Å². The van der Waals surface area contributed by atoms with Crippen molar-refractivity contribution in [2.75, 3.05) is 17.6 Å². The minimum Gasteiger partial charge on any atom is -0.383 e. The lowest BCUT2D eigenvalue weighted by molar-refractivity contribution is 0.587. The third-order valence-electron chi connectivity index (χ3n) is 2.35. The third-order valence-corrected chi connectivity index (χ3v) is 5.22. The first-order valence-electron chi connectivity index (χ1n) is 5.23. The molecule has 1 rings (SSSR count). The Balaban J connectivity index is 2.58. The highest BCUT2D eigenvalue weighted by atomic mass is 79.9. The molecule has 1 N–H and O–H groups in total. The van der Waals surface area contributed by atoms with Gasteiger partial charge in [-0.2, -0.15) is 0 Å². The Morgan fingerprint density at radius 1 is 1.41 bits per heavy atom. The predicted molar refractivity (Wildman–Crippen MR) is 71.5 cm³/mol. The van der Waals surface area contributed by atoms with Crippen molar-refractivity contribution in [3.8, 4) is 0 Å². The van der Waals surface area contributed by atoms with E-state index in [0.29, 0.717) is 16.7 Å². The maximum atomic E-state index is 12.8. The van der Waals surface area contributed by atoms with E-state index < -0.39 is 9.84 Å². The van der Waals surface area contributed by atoms with E-state index in [1.165, 1.54) is 12.1 Å². The number of hydrogen-bond acceptors (Lipinski definition) is 3. The molecule has 0 saturated carbocycles. The van der Waals surface area contributed by atoms with Crippen LogP contribution in [0.1, 0.15) is 13.8 Å². The summed E-state index contributed by atoms with van der Waals surface area (Å²) in [4.78, 5) is 0. The Kier molecular flexibility index (Phi) is 4.94. The van der Waals surface area contributed by atoms with Gasteiger partial charge in [-0.05, 0) is 48.0 Å². The van der Waals surface area contributed by atoms with E-state index in [0.717, 1.165) is 0 Å². The quantitative estimate of drug-likeness (QED) is 0.906. The largest absolute Gasteiger partial charge is 0.383 e. The molecule has 0 atom stereocenters. The first-order chi connectivity index (χ1) is 7.83. The molecule has 0 radical (unpaired) electrons. The van der Waals surface area contributed by atoms with Crippen molar-refractivity contribution in [1.82, 2.24) is 0 Å². The van der Waals surface area contributed by atoms with Crippen molar-refractivity contribution < 1.29 is 12.8 Å². The normalized spacial score (nSPS) is 11.8. The smallest absolute Gasteiger partial charge is 0.154 e. The second kappa shape index (κ2) is 5.82. The molecule has 0 aliphatic rings. The first-order valence-corrected chi connectivity index (χ1v) is 7.74. The van der Waals surface area contributed by atoms with Crippen molar-refractivity contribution in [2.45, 2.75) is 19.1 Å². The summed E-state index contributed by atoms with van der Waals surface area (Å²) in [5.41, 5.74) is 0.686. The van der Waals surface area contributed by atoms with Gasteiger partial charge >= 0.3 is 0 Å². The van der Waals surface area contributed by atoms with Crippen molar-refractivity contribution in [3.05, 3.63) is 28.5 Å². The van der Waals surface area contributed by atoms with E-state index in [4.69, 9.17) is 0 Å². The Hall–Kier alpha value is -0.620. The van der Waals surface area contributed by atoms with E-state index in [-0.39, 0.29) is 16.8 Å². The minimum atomic E-state index is -3.04. The van der Waals surface area contributed by atoms with Crippen LogP contribution in [0.15, 0.2) is 22.7 Å². The van der Waals surface area contributed by atoms with Crippen molar-refractivity contribution >= 4 is 31.5 Å². The van der Waals surface area contributed by atoms with Crippen LogP contribution in [0.4, 0.5) is 10.1 Å². The molecule has 0 bridgehead atoms. The lowest BCUT2D eigenvalue weighted by Gasteiger charge is -2.10. The maximum Gasteiger partial charge on any atom is 0.154 e. The number of sulfone groups is 1. The van der Waals surface area contributed by atoms with E-state index in [1.807, 2.05) is 0 Å². The number of rotatable bonds is 5. The van der Waals surface area contributed by atoms with Crippen LogP contribution < -0.4 is 5.32 Å². The third kappa shape index (κ3) is 4.27. The maximum absolute atomic E-state index is 12.8. The summed E-state index contributed by atoms with van der Waals surface area (Å²) in [6.45, 7) is 3.62. The van der Waals surface area contributed by atoms with Gasteiger partial charge < -0.3 is 5.32 Å². The zero-order valence-corrected chi connectivity index (χ0v) is 12.1. The highest BCUT2D eigenvalue weighted by molar-refractivity contribution is 9.10. The number of halogens is 2. The molecule has 6 heteroatoms. The number of hydrogen-bond donors (Lipinski definition) is 1. The Labute approximate surface area is 109 Å². The number of benzene rings is 1. The summed E-state index contributed by atoms with van der Waals surface area (Å²) in [5.74, 6) is -0.272. The highest BCUT2D eigenvalue weighted by Gasteiger charge is 2.15. The Morgan fingerprint density at radius 2 is 2.06 bits per heavy atom. The second-order valence-corrected chi connectivity index (χ2v) is 7.50. The van der Waals surface area contributed by atoms with Crippen LogP contribution in [0.2, 0.25) is 0 Å². The summed E-state index contributed by atoms with van der Waals surface area (Å²) >= 11 is 3.20. The molecule has 0 aliphatic carbocycles. The summed E-state index contributed by atoms with van der Waals surface area (Å²) in [6, 6.07) is 4.23. The fraction of sp³-hybridized carbons (Fsp3) is 0.455. The fourth-order valence-electron chi connectivity index (χ4n) is 1.20. The van der Waals surface area contributed by atoms with Gasteiger partial charge in [-0.1, -0.05) is 0 Å². The van der Waals surface area contributed by atoms with E-state index in [2.05, 4.69) is 21.2 Å². The van der Waals surface area contributed by atoms with Crippen LogP contribution in [0.3, 0.4) is 0 Å². The van der Waals surface area contributed by atoms with Crippen molar-refractivity contribution in [2.24, 2.45) is 0 Å². The lowest BCUT2D eigenvalue weighted by atomic mass is 10.3. The molecule has 1 aromatic rings. The van der Waals surface area contributed by atoms with Gasteiger partial charge in [0.25, 0.3) is 0 Å². The van der Waals surface area contributed by atoms with Crippen LogP contribution in [-0.4, -0.2) is 26.0 Å². The van der Waals surface area contributed by atoms with Gasteiger partial charge in [0.1, 0.15) is 5.82 Å². The average Bonchev–Trinajstić information content (AvgIpc) is 2.21. The molecule has 96 valence electrons. The molecule has 0 unspecified atom stereocenters. The molecule has 0 saturated heterocycles.